The number of ketones is 1. The molecule has 0 amide bonds. The van der Waals surface area contributed by atoms with Gasteiger partial charge in [-0.2, -0.15) is 0 Å². The highest BCUT2D eigenvalue weighted by Gasteiger charge is 2.74. The molecule has 1 heteroatoms. The minimum Gasteiger partial charge on any atom is -0.299 e. The molecule has 0 N–H and O–H groups in total. The number of hydrogen-bond acceptors (Lipinski definition) is 1. The van der Waals surface area contributed by atoms with Crippen molar-refractivity contribution in [2.45, 2.75) is 79.1 Å². The maximum Gasteiger partial charge on any atom is 0.143 e. The average molecular weight is 329 g/mol. The zero-order valence-electron chi connectivity index (χ0n) is 16.2. The van der Waals surface area contributed by atoms with Gasteiger partial charge in [0.1, 0.15) is 5.78 Å². The molecule has 5 rings (SSSR count). The lowest BCUT2D eigenvalue weighted by atomic mass is 9.59. The van der Waals surface area contributed by atoms with Crippen LogP contribution in [-0.2, 0) is 4.79 Å². The van der Waals surface area contributed by atoms with Gasteiger partial charge in [-0.1, -0.05) is 27.7 Å². The van der Waals surface area contributed by atoms with Gasteiger partial charge in [-0.3, -0.25) is 4.79 Å². The van der Waals surface area contributed by atoms with Crippen LogP contribution >= 0.6 is 0 Å². The largest absolute Gasteiger partial charge is 0.299 e. The SMILES string of the molecule is CC(C)[C@@H]1CC[C@@H]2C[C@@H]3[C@H](C[C@H]21)C(=O)[C@@]12CC[C@@H](C)[C@@H]1CC[C@@]32C. The van der Waals surface area contributed by atoms with E-state index >= 15 is 0 Å². The molecule has 0 radical (unpaired) electrons. The number of carbonyl (C=O) groups excluding carboxylic acids is 1. The fraction of sp³-hybridized carbons (Fsp3) is 0.957. The number of fused-ring (bicyclic) bond motifs is 3. The van der Waals surface area contributed by atoms with Gasteiger partial charge in [0.2, 0.25) is 0 Å². The second-order valence-corrected chi connectivity index (χ2v) is 11.0. The van der Waals surface area contributed by atoms with Crippen LogP contribution in [0.15, 0.2) is 0 Å². The number of hydrogen-bond donors (Lipinski definition) is 0. The maximum absolute atomic E-state index is 13.8. The summed E-state index contributed by atoms with van der Waals surface area (Å²) in [5.41, 5.74) is 0.457. The first-order chi connectivity index (χ1) is 11.4. The van der Waals surface area contributed by atoms with E-state index in [0.717, 1.165) is 47.2 Å². The first kappa shape index (κ1) is 15.9. The zero-order chi connectivity index (χ0) is 16.9. The lowest BCUT2D eigenvalue weighted by Crippen LogP contribution is -2.40. The van der Waals surface area contributed by atoms with Crippen molar-refractivity contribution >= 4 is 5.78 Å². The Morgan fingerprint density at radius 1 is 1.00 bits per heavy atom. The minimum atomic E-state index is 0.105. The molecule has 0 aromatic heterocycles. The summed E-state index contributed by atoms with van der Waals surface area (Å²) in [6, 6.07) is 0. The van der Waals surface area contributed by atoms with Crippen molar-refractivity contribution < 1.29 is 4.79 Å². The van der Waals surface area contributed by atoms with E-state index in [1.54, 1.807) is 0 Å². The van der Waals surface area contributed by atoms with Crippen LogP contribution < -0.4 is 0 Å². The van der Waals surface area contributed by atoms with Crippen molar-refractivity contribution in [3.8, 4) is 0 Å². The molecule has 134 valence electrons. The van der Waals surface area contributed by atoms with E-state index in [1.165, 1.54) is 51.4 Å². The lowest BCUT2D eigenvalue weighted by molar-refractivity contribution is -0.133. The van der Waals surface area contributed by atoms with Crippen molar-refractivity contribution in [2.24, 2.45) is 58.2 Å². The second kappa shape index (κ2) is 4.89. The van der Waals surface area contributed by atoms with Gasteiger partial charge < -0.3 is 0 Å². The number of rotatable bonds is 1. The first-order valence-corrected chi connectivity index (χ1v) is 10.9. The topological polar surface area (TPSA) is 17.1 Å². The summed E-state index contributed by atoms with van der Waals surface area (Å²) in [7, 11) is 0. The lowest BCUT2D eigenvalue weighted by Gasteiger charge is -2.44. The molecular weight excluding hydrogens is 292 g/mol. The number of carbonyl (C=O) groups is 1. The molecule has 0 bridgehead atoms. The van der Waals surface area contributed by atoms with Crippen molar-refractivity contribution in [3.05, 3.63) is 0 Å². The molecule has 0 aromatic rings. The van der Waals surface area contributed by atoms with Crippen LogP contribution in [0.25, 0.3) is 0 Å². The highest BCUT2D eigenvalue weighted by Crippen LogP contribution is 2.76. The molecular formula is C23H36O. The summed E-state index contributed by atoms with van der Waals surface area (Å²) in [6.45, 7) is 9.82. The summed E-state index contributed by atoms with van der Waals surface area (Å²) in [5, 5.41) is 0. The molecule has 0 aliphatic heterocycles. The predicted molar refractivity (Wildman–Crippen MR) is 97.4 cm³/mol. The summed E-state index contributed by atoms with van der Waals surface area (Å²) < 4.78 is 0. The van der Waals surface area contributed by atoms with Gasteiger partial charge in [-0.25, -0.2) is 0 Å². The molecule has 0 saturated heterocycles. The van der Waals surface area contributed by atoms with Gasteiger partial charge in [-0.05, 0) is 98.2 Å². The molecule has 5 aliphatic carbocycles. The van der Waals surface area contributed by atoms with Gasteiger partial charge in [0, 0.05) is 11.3 Å². The summed E-state index contributed by atoms with van der Waals surface area (Å²) in [6.07, 6.45) is 10.8. The summed E-state index contributed by atoms with van der Waals surface area (Å²) >= 11 is 0. The van der Waals surface area contributed by atoms with Crippen LogP contribution in [0.2, 0.25) is 0 Å². The third-order valence-electron chi connectivity index (χ3n) is 10.4. The molecule has 5 saturated carbocycles. The molecule has 5 aliphatic rings. The summed E-state index contributed by atoms with van der Waals surface area (Å²) in [4.78, 5) is 13.8. The maximum atomic E-state index is 13.8. The second-order valence-electron chi connectivity index (χ2n) is 11.0. The first-order valence-electron chi connectivity index (χ1n) is 10.9. The third kappa shape index (κ3) is 1.62. The third-order valence-corrected chi connectivity index (χ3v) is 10.4. The van der Waals surface area contributed by atoms with Crippen molar-refractivity contribution in [2.75, 3.05) is 0 Å². The van der Waals surface area contributed by atoms with E-state index in [4.69, 9.17) is 0 Å². The highest BCUT2D eigenvalue weighted by molar-refractivity contribution is 5.92. The molecule has 0 unspecified atom stereocenters. The molecule has 24 heavy (non-hydrogen) atoms. The van der Waals surface area contributed by atoms with Gasteiger partial charge in [-0.15, -0.1) is 0 Å². The van der Waals surface area contributed by atoms with Crippen LogP contribution in [-0.4, -0.2) is 5.78 Å². The molecule has 5 fully saturated rings. The normalized spacial score (nSPS) is 58.7. The van der Waals surface area contributed by atoms with Crippen molar-refractivity contribution in [1.29, 1.82) is 0 Å². The fourth-order valence-corrected chi connectivity index (χ4v) is 9.29. The quantitative estimate of drug-likeness (QED) is 0.601. The van der Waals surface area contributed by atoms with E-state index < -0.39 is 0 Å². The Labute approximate surface area is 148 Å². The Morgan fingerprint density at radius 2 is 1.79 bits per heavy atom. The average Bonchev–Trinajstić information content (AvgIpc) is 3.22. The number of Topliss-reactive ketones (excluding diaryl/α,β-unsaturated/α-hetero) is 1. The predicted octanol–water partition coefficient (Wildman–Crippen LogP) is 5.73. The van der Waals surface area contributed by atoms with E-state index in [9.17, 15) is 4.79 Å². The minimum absolute atomic E-state index is 0.105. The zero-order valence-corrected chi connectivity index (χ0v) is 16.2. The highest BCUT2D eigenvalue weighted by atomic mass is 16.1. The van der Waals surface area contributed by atoms with Gasteiger partial charge in [0.15, 0.2) is 0 Å². The van der Waals surface area contributed by atoms with Gasteiger partial charge in [0.05, 0.1) is 0 Å². The molecule has 1 spiro atoms. The Hall–Kier alpha value is -0.330. The van der Waals surface area contributed by atoms with Crippen LogP contribution in [0, 0.1) is 58.2 Å². The van der Waals surface area contributed by atoms with E-state index in [-0.39, 0.29) is 5.41 Å². The Balaban J connectivity index is 1.52. The molecule has 0 heterocycles. The fourth-order valence-electron chi connectivity index (χ4n) is 9.29. The van der Waals surface area contributed by atoms with E-state index in [1.807, 2.05) is 0 Å². The van der Waals surface area contributed by atoms with Crippen molar-refractivity contribution in [1.82, 2.24) is 0 Å². The molecule has 1 nitrogen and oxygen atoms in total. The molecule has 9 atom stereocenters. The smallest absolute Gasteiger partial charge is 0.143 e. The van der Waals surface area contributed by atoms with E-state index in [2.05, 4.69) is 27.7 Å². The van der Waals surface area contributed by atoms with Gasteiger partial charge in [0.25, 0.3) is 0 Å². The molecule has 0 aromatic carbocycles. The monoisotopic (exact) mass is 328 g/mol. The van der Waals surface area contributed by atoms with Crippen LogP contribution in [0.5, 0.6) is 0 Å². The van der Waals surface area contributed by atoms with Crippen LogP contribution in [0.4, 0.5) is 0 Å². The Kier molecular flexibility index (Phi) is 3.24. The Morgan fingerprint density at radius 3 is 2.54 bits per heavy atom. The standard InChI is InChI=1S/C23H36O/c1-13(2)16-6-5-15-11-20-18(12-17(15)16)21(24)23-10-7-14(3)19(23)8-9-22(20,23)4/h13-20H,5-12H2,1-4H3/t14-,15-,16+,17-,18+,19+,20-,22+,23-/m1/s1. The van der Waals surface area contributed by atoms with Gasteiger partial charge >= 0.3 is 0 Å². The van der Waals surface area contributed by atoms with Crippen molar-refractivity contribution in [3.63, 3.8) is 0 Å². The van der Waals surface area contributed by atoms with Crippen LogP contribution in [0.3, 0.4) is 0 Å². The van der Waals surface area contributed by atoms with E-state index in [0.29, 0.717) is 11.3 Å². The summed E-state index contributed by atoms with van der Waals surface area (Å²) in [5.74, 6) is 6.95. The van der Waals surface area contributed by atoms with Crippen LogP contribution in [0.1, 0.15) is 79.1 Å². The Bertz CT molecular complexity index is 564.